The molecular weight excluding hydrogens is 494 g/mol. The molecule has 4 rings (SSSR count). The van der Waals surface area contributed by atoms with Crippen molar-refractivity contribution in [2.24, 2.45) is 5.73 Å². The predicted molar refractivity (Wildman–Crippen MR) is 130 cm³/mol. The van der Waals surface area contributed by atoms with Crippen molar-refractivity contribution in [2.75, 3.05) is 18.4 Å². The van der Waals surface area contributed by atoms with Gasteiger partial charge in [-0.15, -0.1) is 0 Å². The lowest BCUT2D eigenvalue weighted by atomic mass is 10.1. The standard InChI is InChI=1S/C22H21BrClN7O/c23-16-13-28-31-19(12-18(29-21(16)31)15-8-4-5-9-17(15)24)26-10-11-27-22(32)30-20(25)14-6-2-1-3-7-14/h1-9,12-13,20,26H,10-11,25H2,(H2,27,30,32)/t20-/m0/s1. The van der Waals surface area contributed by atoms with E-state index in [-0.39, 0.29) is 6.03 Å². The first-order valence-electron chi connectivity index (χ1n) is 9.91. The molecule has 32 heavy (non-hydrogen) atoms. The van der Waals surface area contributed by atoms with Crippen molar-refractivity contribution < 1.29 is 4.79 Å². The van der Waals surface area contributed by atoms with Crippen molar-refractivity contribution in [1.82, 2.24) is 25.2 Å². The number of nitrogens with zero attached hydrogens (tertiary/aromatic N) is 3. The minimum Gasteiger partial charge on any atom is -0.368 e. The minimum absolute atomic E-state index is 0.346. The average molecular weight is 515 g/mol. The van der Waals surface area contributed by atoms with E-state index in [4.69, 9.17) is 17.3 Å². The zero-order valence-corrected chi connectivity index (χ0v) is 19.3. The molecule has 2 aromatic carbocycles. The molecule has 164 valence electrons. The summed E-state index contributed by atoms with van der Waals surface area (Å²) in [4.78, 5) is 16.8. The van der Waals surface area contributed by atoms with Crippen LogP contribution in [-0.4, -0.2) is 33.7 Å². The second-order valence-corrected chi connectivity index (χ2v) is 8.21. The summed E-state index contributed by atoms with van der Waals surface area (Å²) >= 11 is 9.85. The van der Waals surface area contributed by atoms with Gasteiger partial charge in [-0.25, -0.2) is 9.78 Å². The molecule has 5 N–H and O–H groups in total. The molecule has 0 aliphatic carbocycles. The third-order valence-electron chi connectivity index (χ3n) is 4.74. The van der Waals surface area contributed by atoms with Crippen LogP contribution in [0.5, 0.6) is 0 Å². The molecular formula is C22H21BrClN7O. The summed E-state index contributed by atoms with van der Waals surface area (Å²) < 4.78 is 2.46. The van der Waals surface area contributed by atoms with Crippen LogP contribution in [0.2, 0.25) is 5.02 Å². The summed E-state index contributed by atoms with van der Waals surface area (Å²) in [5, 5.41) is 13.8. The number of aromatic nitrogens is 3. The highest BCUT2D eigenvalue weighted by Gasteiger charge is 2.13. The Bertz CT molecular complexity index is 1230. The largest absolute Gasteiger partial charge is 0.368 e. The van der Waals surface area contributed by atoms with Crippen LogP contribution >= 0.6 is 27.5 Å². The van der Waals surface area contributed by atoms with Gasteiger partial charge < -0.3 is 21.7 Å². The molecule has 0 saturated carbocycles. The van der Waals surface area contributed by atoms with E-state index < -0.39 is 6.17 Å². The van der Waals surface area contributed by atoms with Crippen LogP contribution in [0.3, 0.4) is 0 Å². The normalized spacial score (nSPS) is 11.8. The van der Waals surface area contributed by atoms with E-state index in [1.165, 1.54) is 0 Å². The Morgan fingerprint density at radius 3 is 2.66 bits per heavy atom. The number of amides is 2. The van der Waals surface area contributed by atoms with Crippen molar-refractivity contribution >= 4 is 45.0 Å². The maximum absolute atomic E-state index is 12.2. The van der Waals surface area contributed by atoms with E-state index in [0.717, 1.165) is 21.4 Å². The van der Waals surface area contributed by atoms with E-state index in [1.807, 2.05) is 60.7 Å². The maximum atomic E-state index is 12.2. The van der Waals surface area contributed by atoms with E-state index in [0.29, 0.717) is 29.5 Å². The van der Waals surface area contributed by atoms with Gasteiger partial charge in [0, 0.05) is 29.7 Å². The molecule has 0 aliphatic heterocycles. The number of urea groups is 1. The Kier molecular flexibility index (Phi) is 6.89. The van der Waals surface area contributed by atoms with Crippen molar-refractivity contribution in [3.05, 3.63) is 81.9 Å². The number of carbonyl (C=O) groups excluding carboxylic acids is 1. The molecule has 0 fully saturated rings. The van der Waals surface area contributed by atoms with Crippen molar-refractivity contribution in [2.45, 2.75) is 6.17 Å². The van der Waals surface area contributed by atoms with Crippen LogP contribution in [0.15, 0.2) is 71.3 Å². The lowest BCUT2D eigenvalue weighted by Crippen LogP contribution is -2.42. The summed E-state index contributed by atoms with van der Waals surface area (Å²) in [5.74, 6) is 0.721. The van der Waals surface area contributed by atoms with Crippen LogP contribution in [-0.2, 0) is 0 Å². The summed E-state index contributed by atoms with van der Waals surface area (Å²) in [6, 6.07) is 18.4. The Morgan fingerprint density at radius 1 is 1.12 bits per heavy atom. The zero-order valence-electron chi connectivity index (χ0n) is 16.9. The monoisotopic (exact) mass is 513 g/mol. The minimum atomic E-state index is -0.580. The SMILES string of the molecule is N[C@@H](NC(=O)NCCNc1cc(-c2ccccc2Cl)nc2c(Br)cnn12)c1ccccc1. The number of hydrogen-bond acceptors (Lipinski definition) is 5. The summed E-state index contributed by atoms with van der Waals surface area (Å²) in [6.45, 7) is 0.841. The number of hydrogen-bond donors (Lipinski definition) is 4. The van der Waals surface area contributed by atoms with E-state index in [2.05, 4.69) is 42.0 Å². The van der Waals surface area contributed by atoms with E-state index >= 15 is 0 Å². The van der Waals surface area contributed by atoms with Crippen LogP contribution in [0.1, 0.15) is 11.7 Å². The van der Waals surface area contributed by atoms with Crippen molar-refractivity contribution in [3.8, 4) is 11.3 Å². The van der Waals surface area contributed by atoms with Gasteiger partial charge in [0.25, 0.3) is 0 Å². The van der Waals surface area contributed by atoms with Gasteiger partial charge in [0.2, 0.25) is 0 Å². The average Bonchev–Trinajstić information content (AvgIpc) is 3.18. The third kappa shape index (κ3) is 5.01. The highest BCUT2D eigenvalue weighted by molar-refractivity contribution is 9.10. The van der Waals surface area contributed by atoms with Gasteiger partial charge >= 0.3 is 6.03 Å². The van der Waals surface area contributed by atoms with E-state index in [1.54, 1.807) is 10.7 Å². The highest BCUT2D eigenvalue weighted by atomic mass is 79.9. The Labute approximate surface area is 198 Å². The van der Waals surface area contributed by atoms with E-state index in [9.17, 15) is 4.79 Å². The second-order valence-electron chi connectivity index (χ2n) is 6.95. The molecule has 2 heterocycles. The third-order valence-corrected chi connectivity index (χ3v) is 5.63. The Hall–Kier alpha value is -3.14. The van der Waals surface area contributed by atoms with Crippen LogP contribution < -0.4 is 21.7 Å². The molecule has 10 heteroatoms. The number of benzene rings is 2. The predicted octanol–water partition coefficient (Wildman–Crippen LogP) is 4.18. The molecule has 0 aliphatic rings. The van der Waals surface area contributed by atoms with Gasteiger partial charge in [0.05, 0.1) is 16.4 Å². The number of rotatable bonds is 7. The van der Waals surface area contributed by atoms with Gasteiger partial charge in [-0.3, -0.25) is 0 Å². The van der Waals surface area contributed by atoms with Crippen LogP contribution in [0, 0.1) is 0 Å². The van der Waals surface area contributed by atoms with Gasteiger partial charge in [0.1, 0.15) is 12.0 Å². The fraction of sp³-hybridized carbons (Fsp3) is 0.136. The molecule has 0 unspecified atom stereocenters. The molecule has 4 aromatic rings. The Balaban J connectivity index is 1.41. The highest BCUT2D eigenvalue weighted by Crippen LogP contribution is 2.30. The lowest BCUT2D eigenvalue weighted by molar-refractivity contribution is 0.237. The van der Waals surface area contributed by atoms with Gasteiger partial charge in [0.15, 0.2) is 5.65 Å². The smallest absolute Gasteiger partial charge is 0.316 e. The zero-order chi connectivity index (χ0) is 22.5. The topological polar surface area (TPSA) is 109 Å². The first-order chi connectivity index (χ1) is 15.5. The number of fused-ring (bicyclic) bond motifs is 1. The lowest BCUT2D eigenvalue weighted by Gasteiger charge is -2.15. The van der Waals surface area contributed by atoms with Crippen LogP contribution in [0.25, 0.3) is 16.9 Å². The summed E-state index contributed by atoms with van der Waals surface area (Å²) in [7, 11) is 0. The molecule has 0 spiro atoms. The molecule has 1 atom stereocenters. The molecule has 2 amide bonds. The number of nitrogens with two attached hydrogens (primary N) is 1. The van der Waals surface area contributed by atoms with Gasteiger partial charge in [-0.05, 0) is 27.6 Å². The van der Waals surface area contributed by atoms with Gasteiger partial charge in [-0.1, -0.05) is 60.1 Å². The maximum Gasteiger partial charge on any atom is 0.316 e. The molecule has 0 bridgehead atoms. The number of anilines is 1. The van der Waals surface area contributed by atoms with Crippen molar-refractivity contribution in [1.29, 1.82) is 0 Å². The summed E-state index contributed by atoms with van der Waals surface area (Å²) in [5.41, 5.74) is 9.04. The molecule has 0 radical (unpaired) electrons. The Morgan fingerprint density at radius 2 is 1.88 bits per heavy atom. The summed E-state index contributed by atoms with van der Waals surface area (Å²) in [6.07, 6.45) is 1.10. The first-order valence-corrected chi connectivity index (χ1v) is 11.1. The van der Waals surface area contributed by atoms with Crippen LogP contribution in [0.4, 0.5) is 10.6 Å². The van der Waals surface area contributed by atoms with Gasteiger partial charge in [-0.2, -0.15) is 9.61 Å². The number of halogens is 2. The fourth-order valence-corrected chi connectivity index (χ4v) is 3.75. The molecule has 2 aromatic heterocycles. The first kappa shape index (κ1) is 22.1. The van der Waals surface area contributed by atoms with Crippen molar-refractivity contribution in [3.63, 3.8) is 0 Å². The molecule has 8 nitrogen and oxygen atoms in total. The molecule has 0 saturated heterocycles. The quantitative estimate of drug-likeness (QED) is 0.218. The number of carbonyl (C=O) groups is 1. The fourth-order valence-electron chi connectivity index (χ4n) is 3.17. The number of nitrogens with one attached hydrogen (secondary N) is 3. The second kappa shape index (κ2) is 9.99.